The molecule has 2 aromatic rings. The van der Waals surface area contributed by atoms with E-state index in [-0.39, 0.29) is 6.04 Å². The van der Waals surface area contributed by atoms with Gasteiger partial charge in [-0.25, -0.2) is 0 Å². The van der Waals surface area contributed by atoms with Crippen LogP contribution in [-0.4, -0.2) is 11.5 Å². The summed E-state index contributed by atoms with van der Waals surface area (Å²) < 4.78 is 1.03. The number of rotatable bonds is 4. The molecule has 3 heteroatoms. The van der Waals surface area contributed by atoms with Crippen molar-refractivity contribution in [3.05, 3.63) is 63.4 Å². The Morgan fingerprint density at radius 1 is 1.10 bits per heavy atom. The first-order valence-electron chi connectivity index (χ1n) is 7.73. The van der Waals surface area contributed by atoms with E-state index >= 15 is 0 Å². The van der Waals surface area contributed by atoms with Crippen LogP contribution in [-0.2, 0) is 12.8 Å². The fourth-order valence-corrected chi connectivity index (χ4v) is 3.53. The molecule has 2 nitrogen and oxygen atoms in total. The SMILES string of the molecule is CCNC(c1cncc(Br)c1)c1ccc2c(c1)CCCC2. The number of nitrogens with one attached hydrogen (secondary N) is 1. The van der Waals surface area contributed by atoms with Crippen LogP contribution in [0.5, 0.6) is 0 Å². The van der Waals surface area contributed by atoms with Crippen molar-refractivity contribution in [3.63, 3.8) is 0 Å². The molecule has 1 heterocycles. The fraction of sp³-hybridized carbons (Fsp3) is 0.389. The first kappa shape index (κ1) is 14.7. The van der Waals surface area contributed by atoms with Crippen molar-refractivity contribution < 1.29 is 0 Å². The van der Waals surface area contributed by atoms with Crippen LogP contribution in [0.25, 0.3) is 0 Å². The highest BCUT2D eigenvalue weighted by Crippen LogP contribution is 2.28. The summed E-state index contributed by atoms with van der Waals surface area (Å²) in [5, 5.41) is 3.59. The van der Waals surface area contributed by atoms with Crippen molar-refractivity contribution in [2.75, 3.05) is 6.54 Å². The zero-order valence-corrected chi connectivity index (χ0v) is 14.0. The number of benzene rings is 1. The maximum Gasteiger partial charge on any atom is 0.0592 e. The van der Waals surface area contributed by atoms with E-state index in [2.05, 4.69) is 57.4 Å². The average molecular weight is 345 g/mol. The molecular formula is C18H21BrN2. The van der Waals surface area contributed by atoms with Gasteiger partial charge in [-0.15, -0.1) is 0 Å². The number of nitrogens with zero attached hydrogens (tertiary/aromatic N) is 1. The van der Waals surface area contributed by atoms with Gasteiger partial charge in [-0.05, 0) is 76.5 Å². The van der Waals surface area contributed by atoms with Gasteiger partial charge < -0.3 is 5.32 Å². The molecule has 3 rings (SSSR count). The zero-order chi connectivity index (χ0) is 14.7. The summed E-state index contributed by atoms with van der Waals surface area (Å²) in [5.41, 5.74) is 5.62. The Morgan fingerprint density at radius 3 is 2.67 bits per heavy atom. The molecule has 1 aliphatic carbocycles. The molecule has 0 amide bonds. The Hall–Kier alpha value is -1.19. The Labute approximate surface area is 135 Å². The molecule has 1 aromatic carbocycles. The predicted molar refractivity (Wildman–Crippen MR) is 90.5 cm³/mol. The lowest BCUT2D eigenvalue weighted by Crippen LogP contribution is -2.22. The third-order valence-corrected chi connectivity index (χ3v) is 4.61. The molecule has 0 bridgehead atoms. The van der Waals surface area contributed by atoms with Crippen LogP contribution in [0.3, 0.4) is 0 Å². The van der Waals surface area contributed by atoms with Gasteiger partial charge in [-0.2, -0.15) is 0 Å². The quantitative estimate of drug-likeness (QED) is 0.887. The lowest BCUT2D eigenvalue weighted by molar-refractivity contribution is 0.623. The van der Waals surface area contributed by atoms with Crippen LogP contribution in [0.4, 0.5) is 0 Å². The highest BCUT2D eigenvalue weighted by molar-refractivity contribution is 9.10. The van der Waals surface area contributed by atoms with Gasteiger partial charge in [0.15, 0.2) is 0 Å². The van der Waals surface area contributed by atoms with Crippen molar-refractivity contribution in [3.8, 4) is 0 Å². The normalized spacial score (nSPS) is 15.5. The molecule has 110 valence electrons. The summed E-state index contributed by atoms with van der Waals surface area (Å²) in [5.74, 6) is 0. The Balaban J connectivity index is 1.97. The number of halogens is 1. The minimum atomic E-state index is 0.215. The number of aromatic nitrogens is 1. The first-order chi connectivity index (χ1) is 10.3. The molecule has 1 N–H and O–H groups in total. The summed E-state index contributed by atoms with van der Waals surface area (Å²) in [6.45, 7) is 3.09. The summed E-state index contributed by atoms with van der Waals surface area (Å²) in [6.07, 6.45) is 8.90. The van der Waals surface area contributed by atoms with Gasteiger partial charge in [0.2, 0.25) is 0 Å². The van der Waals surface area contributed by atoms with Crippen molar-refractivity contribution >= 4 is 15.9 Å². The van der Waals surface area contributed by atoms with Gasteiger partial charge in [-0.1, -0.05) is 25.1 Å². The first-order valence-corrected chi connectivity index (χ1v) is 8.52. The minimum absolute atomic E-state index is 0.215. The minimum Gasteiger partial charge on any atom is -0.306 e. The number of hydrogen-bond acceptors (Lipinski definition) is 2. The molecule has 0 fully saturated rings. The average Bonchev–Trinajstić information content (AvgIpc) is 2.52. The highest BCUT2D eigenvalue weighted by Gasteiger charge is 2.16. The lowest BCUT2D eigenvalue weighted by atomic mass is 9.88. The van der Waals surface area contributed by atoms with Gasteiger partial charge in [0.05, 0.1) is 6.04 Å². The molecule has 0 radical (unpaired) electrons. The molecule has 0 aliphatic heterocycles. The number of pyridine rings is 1. The van der Waals surface area contributed by atoms with Crippen LogP contribution in [0, 0.1) is 0 Å². The zero-order valence-electron chi connectivity index (χ0n) is 12.4. The van der Waals surface area contributed by atoms with E-state index < -0.39 is 0 Å². The molecule has 0 saturated heterocycles. The summed E-state index contributed by atoms with van der Waals surface area (Å²) in [4.78, 5) is 4.31. The number of aryl methyl sites for hydroxylation is 2. The molecule has 21 heavy (non-hydrogen) atoms. The maximum absolute atomic E-state index is 4.31. The lowest BCUT2D eigenvalue weighted by Gasteiger charge is -2.22. The molecule has 1 atom stereocenters. The molecule has 0 saturated carbocycles. The van der Waals surface area contributed by atoms with E-state index in [1.807, 2.05) is 12.4 Å². The van der Waals surface area contributed by atoms with Crippen molar-refractivity contribution in [2.24, 2.45) is 0 Å². The summed E-state index contributed by atoms with van der Waals surface area (Å²) >= 11 is 3.52. The van der Waals surface area contributed by atoms with Crippen molar-refractivity contribution in [1.29, 1.82) is 0 Å². The largest absolute Gasteiger partial charge is 0.306 e. The third kappa shape index (κ3) is 3.35. The van der Waals surface area contributed by atoms with Gasteiger partial charge >= 0.3 is 0 Å². The van der Waals surface area contributed by atoms with Crippen molar-refractivity contribution in [1.82, 2.24) is 10.3 Å². The second-order valence-corrected chi connectivity index (χ2v) is 6.58. The van der Waals surface area contributed by atoms with E-state index in [0.717, 1.165) is 11.0 Å². The molecular weight excluding hydrogens is 324 g/mol. The fourth-order valence-electron chi connectivity index (χ4n) is 3.15. The Bertz CT molecular complexity index is 624. The number of hydrogen-bond donors (Lipinski definition) is 1. The van der Waals surface area contributed by atoms with E-state index in [1.54, 1.807) is 0 Å². The number of fused-ring (bicyclic) bond motifs is 1. The standard InChI is InChI=1S/C18H21BrN2/c1-2-21-18(16-10-17(19)12-20-11-16)15-8-7-13-5-3-4-6-14(13)9-15/h7-12,18,21H,2-6H2,1H3. The van der Waals surface area contributed by atoms with Crippen LogP contribution in [0.1, 0.15) is 48.1 Å². The van der Waals surface area contributed by atoms with E-state index in [9.17, 15) is 0 Å². The monoisotopic (exact) mass is 344 g/mol. The second kappa shape index (κ2) is 6.71. The smallest absolute Gasteiger partial charge is 0.0592 e. The molecule has 1 aliphatic rings. The second-order valence-electron chi connectivity index (χ2n) is 5.66. The van der Waals surface area contributed by atoms with Crippen molar-refractivity contribution in [2.45, 2.75) is 38.6 Å². The molecule has 1 unspecified atom stereocenters. The van der Waals surface area contributed by atoms with Gasteiger partial charge in [-0.3, -0.25) is 4.98 Å². The van der Waals surface area contributed by atoms with Crippen LogP contribution >= 0.6 is 15.9 Å². The predicted octanol–water partition coefficient (Wildman–Crippen LogP) is 4.42. The third-order valence-electron chi connectivity index (χ3n) is 4.17. The maximum atomic E-state index is 4.31. The topological polar surface area (TPSA) is 24.9 Å². The van der Waals surface area contributed by atoms with Crippen LogP contribution in [0.2, 0.25) is 0 Å². The van der Waals surface area contributed by atoms with Gasteiger partial charge in [0.25, 0.3) is 0 Å². The Kier molecular flexibility index (Phi) is 4.71. The summed E-state index contributed by atoms with van der Waals surface area (Å²) in [6, 6.07) is 9.35. The van der Waals surface area contributed by atoms with E-state index in [1.165, 1.54) is 47.9 Å². The Morgan fingerprint density at radius 2 is 1.90 bits per heavy atom. The van der Waals surface area contributed by atoms with Gasteiger partial charge in [0.1, 0.15) is 0 Å². The molecule has 1 aromatic heterocycles. The molecule has 0 spiro atoms. The van der Waals surface area contributed by atoms with E-state index in [4.69, 9.17) is 0 Å². The van der Waals surface area contributed by atoms with Crippen LogP contribution < -0.4 is 5.32 Å². The van der Waals surface area contributed by atoms with E-state index in [0.29, 0.717) is 0 Å². The van der Waals surface area contributed by atoms with Crippen LogP contribution in [0.15, 0.2) is 41.1 Å². The van der Waals surface area contributed by atoms with Gasteiger partial charge in [0, 0.05) is 16.9 Å². The summed E-state index contributed by atoms with van der Waals surface area (Å²) in [7, 11) is 0. The highest BCUT2D eigenvalue weighted by atomic mass is 79.9.